The Balaban J connectivity index is 1.69. The van der Waals surface area contributed by atoms with E-state index in [9.17, 15) is 9.59 Å². The van der Waals surface area contributed by atoms with Crippen molar-refractivity contribution >= 4 is 23.4 Å². The summed E-state index contributed by atoms with van der Waals surface area (Å²) in [6.07, 6.45) is 2.76. The van der Waals surface area contributed by atoms with Gasteiger partial charge < -0.3 is 10.5 Å². The number of hydrogen-bond donors (Lipinski definition) is 1. The summed E-state index contributed by atoms with van der Waals surface area (Å²) < 4.78 is 7.53. The van der Waals surface area contributed by atoms with E-state index in [-0.39, 0.29) is 5.91 Å². The highest BCUT2D eigenvalue weighted by molar-refractivity contribution is 5.96. The second-order valence-electron chi connectivity index (χ2n) is 5.98. The Morgan fingerprint density at radius 3 is 2.64 bits per heavy atom. The largest absolute Gasteiger partial charge is 0.481 e. The minimum absolute atomic E-state index is 0.0942. The lowest BCUT2D eigenvalue weighted by Gasteiger charge is -2.31. The smallest absolute Gasteiger partial charge is 0.318 e. The minimum atomic E-state index is -0.546. The summed E-state index contributed by atoms with van der Waals surface area (Å²) in [5.74, 6) is 1.12. The average Bonchev–Trinajstić information content (AvgIpc) is 3.03. The molecule has 3 amide bonds. The zero-order valence-corrected chi connectivity index (χ0v) is 14.3. The van der Waals surface area contributed by atoms with E-state index < -0.39 is 12.1 Å². The van der Waals surface area contributed by atoms with E-state index in [4.69, 9.17) is 10.5 Å². The summed E-state index contributed by atoms with van der Waals surface area (Å²) >= 11 is 0. The van der Waals surface area contributed by atoms with E-state index in [1.54, 1.807) is 47.1 Å². The first-order valence-electron chi connectivity index (χ1n) is 8.06. The summed E-state index contributed by atoms with van der Waals surface area (Å²) in [4.78, 5) is 26.9. The number of carbonyl (C=O) groups is 2. The van der Waals surface area contributed by atoms with Crippen LogP contribution in [-0.4, -0.2) is 41.4 Å². The fourth-order valence-electron chi connectivity index (χ4n) is 2.77. The lowest BCUT2D eigenvalue weighted by molar-refractivity contribution is -0.127. The molecule has 8 nitrogen and oxygen atoms in total. The number of piperidine rings is 1. The van der Waals surface area contributed by atoms with Gasteiger partial charge in [-0.15, -0.1) is 0 Å². The van der Waals surface area contributed by atoms with E-state index in [0.29, 0.717) is 30.2 Å². The monoisotopic (exact) mass is 343 g/mol. The van der Waals surface area contributed by atoms with Crippen molar-refractivity contribution in [3.05, 3.63) is 36.5 Å². The van der Waals surface area contributed by atoms with Gasteiger partial charge in [0.15, 0.2) is 11.9 Å². The van der Waals surface area contributed by atoms with Crippen LogP contribution < -0.4 is 20.3 Å². The molecule has 0 bridgehead atoms. The van der Waals surface area contributed by atoms with Crippen LogP contribution in [0.2, 0.25) is 0 Å². The van der Waals surface area contributed by atoms with E-state index in [2.05, 4.69) is 5.10 Å². The fraction of sp³-hybridized carbons (Fsp3) is 0.353. The molecule has 1 fully saturated rings. The Kier molecular flexibility index (Phi) is 4.60. The van der Waals surface area contributed by atoms with Crippen LogP contribution in [0.3, 0.4) is 0 Å². The SMILES string of the molecule is CN(C(N)=O)c1ccc(O[C@H]2CCCN(c3ccn(C)n3)C2=O)cc1. The van der Waals surface area contributed by atoms with E-state index >= 15 is 0 Å². The number of amides is 3. The van der Waals surface area contributed by atoms with Crippen molar-refractivity contribution in [3.63, 3.8) is 0 Å². The van der Waals surface area contributed by atoms with Crippen LogP contribution in [0.1, 0.15) is 12.8 Å². The number of anilines is 2. The Bertz CT molecular complexity index is 771. The summed E-state index contributed by atoms with van der Waals surface area (Å²) in [5, 5.41) is 4.29. The van der Waals surface area contributed by atoms with Gasteiger partial charge in [0.25, 0.3) is 5.91 Å². The average molecular weight is 343 g/mol. The molecule has 25 heavy (non-hydrogen) atoms. The minimum Gasteiger partial charge on any atom is -0.481 e. The molecule has 0 radical (unpaired) electrons. The molecule has 3 rings (SSSR count). The maximum Gasteiger partial charge on any atom is 0.318 e. The third kappa shape index (κ3) is 3.57. The highest BCUT2D eigenvalue weighted by Gasteiger charge is 2.32. The van der Waals surface area contributed by atoms with Crippen LogP contribution in [0.4, 0.5) is 16.3 Å². The molecule has 1 aromatic heterocycles. The number of primary amides is 1. The summed E-state index contributed by atoms with van der Waals surface area (Å²) in [6, 6.07) is 8.17. The number of benzene rings is 1. The van der Waals surface area contributed by atoms with Gasteiger partial charge in [0.1, 0.15) is 5.75 Å². The van der Waals surface area contributed by atoms with E-state index in [0.717, 1.165) is 6.42 Å². The number of urea groups is 1. The highest BCUT2D eigenvalue weighted by Crippen LogP contribution is 2.24. The van der Waals surface area contributed by atoms with E-state index in [1.807, 2.05) is 13.1 Å². The first-order chi connectivity index (χ1) is 12.0. The number of rotatable bonds is 4. The highest BCUT2D eigenvalue weighted by atomic mass is 16.5. The number of hydrogen-bond acceptors (Lipinski definition) is 4. The van der Waals surface area contributed by atoms with Gasteiger partial charge in [-0.05, 0) is 37.1 Å². The van der Waals surface area contributed by atoms with Crippen molar-refractivity contribution < 1.29 is 14.3 Å². The van der Waals surface area contributed by atoms with Gasteiger partial charge in [-0.1, -0.05) is 0 Å². The van der Waals surface area contributed by atoms with Crippen LogP contribution in [0.25, 0.3) is 0 Å². The fourth-order valence-corrected chi connectivity index (χ4v) is 2.77. The molecule has 0 aliphatic carbocycles. The molecule has 1 aromatic carbocycles. The lowest BCUT2D eigenvalue weighted by Crippen LogP contribution is -2.47. The molecule has 0 unspecified atom stereocenters. The van der Waals surface area contributed by atoms with Crippen molar-refractivity contribution in [1.82, 2.24) is 9.78 Å². The molecule has 0 spiro atoms. The van der Waals surface area contributed by atoms with Crippen LogP contribution in [-0.2, 0) is 11.8 Å². The first kappa shape index (κ1) is 16.8. The first-order valence-corrected chi connectivity index (χ1v) is 8.06. The number of aryl methyl sites for hydroxylation is 1. The topological polar surface area (TPSA) is 93.7 Å². The number of aromatic nitrogens is 2. The molecule has 2 heterocycles. The number of carbonyl (C=O) groups excluding carboxylic acids is 2. The van der Waals surface area contributed by atoms with E-state index in [1.165, 1.54) is 4.90 Å². The second kappa shape index (κ2) is 6.84. The van der Waals surface area contributed by atoms with Gasteiger partial charge in [0.05, 0.1) is 0 Å². The van der Waals surface area contributed by atoms with Crippen LogP contribution in [0, 0.1) is 0 Å². The van der Waals surface area contributed by atoms with Crippen LogP contribution >= 0.6 is 0 Å². The van der Waals surface area contributed by atoms with Crippen LogP contribution in [0.5, 0.6) is 5.75 Å². The van der Waals surface area contributed by atoms with Crippen molar-refractivity contribution in [2.45, 2.75) is 18.9 Å². The summed E-state index contributed by atoms with van der Waals surface area (Å²) in [6.45, 7) is 0.637. The molecular formula is C17H21N5O3. The Labute approximate surface area is 145 Å². The van der Waals surface area contributed by atoms with Gasteiger partial charge in [-0.25, -0.2) is 4.79 Å². The van der Waals surface area contributed by atoms with Gasteiger partial charge in [-0.3, -0.25) is 19.3 Å². The Morgan fingerprint density at radius 2 is 2.04 bits per heavy atom. The van der Waals surface area contributed by atoms with Crippen molar-refractivity contribution in [1.29, 1.82) is 0 Å². The van der Waals surface area contributed by atoms with Crippen molar-refractivity contribution in [2.24, 2.45) is 12.8 Å². The van der Waals surface area contributed by atoms with Crippen molar-refractivity contribution in [3.8, 4) is 5.75 Å². The molecule has 1 saturated heterocycles. The predicted molar refractivity (Wildman–Crippen MR) is 93.6 cm³/mol. The molecule has 1 aliphatic heterocycles. The Morgan fingerprint density at radius 1 is 1.32 bits per heavy atom. The maximum atomic E-state index is 12.7. The second-order valence-corrected chi connectivity index (χ2v) is 5.98. The normalized spacial score (nSPS) is 17.4. The zero-order valence-electron chi connectivity index (χ0n) is 14.3. The molecular weight excluding hydrogens is 322 g/mol. The quantitative estimate of drug-likeness (QED) is 0.910. The number of ether oxygens (including phenoxy) is 1. The van der Waals surface area contributed by atoms with Gasteiger partial charge in [0.2, 0.25) is 0 Å². The van der Waals surface area contributed by atoms with Crippen molar-refractivity contribution in [2.75, 3.05) is 23.4 Å². The molecule has 8 heteroatoms. The number of nitrogens with two attached hydrogens (primary N) is 1. The molecule has 1 aliphatic rings. The molecule has 1 atom stereocenters. The molecule has 132 valence electrons. The zero-order chi connectivity index (χ0) is 18.0. The maximum absolute atomic E-state index is 12.7. The van der Waals surface area contributed by atoms with Gasteiger partial charge in [0, 0.05) is 38.6 Å². The molecule has 0 saturated carbocycles. The third-order valence-electron chi connectivity index (χ3n) is 4.20. The summed E-state index contributed by atoms with van der Waals surface area (Å²) in [7, 11) is 3.41. The third-order valence-corrected chi connectivity index (χ3v) is 4.20. The number of nitrogens with zero attached hydrogens (tertiary/aromatic N) is 4. The Hall–Kier alpha value is -3.03. The standard InChI is InChI=1S/C17H21N5O3/c1-20-11-9-15(19-20)22-10-3-4-14(16(22)23)25-13-7-5-12(6-8-13)21(2)17(18)24/h5-9,11,14H,3-4,10H2,1-2H3,(H2,18,24)/t14-/m0/s1. The predicted octanol–water partition coefficient (Wildman–Crippen LogP) is 1.51. The lowest BCUT2D eigenvalue weighted by atomic mass is 10.1. The summed E-state index contributed by atoms with van der Waals surface area (Å²) in [5.41, 5.74) is 5.90. The molecule has 2 N–H and O–H groups in total. The van der Waals surface area contributed by atoms with Gasteiger partial charge in [-0.2, -0.15) is 5.10 Å². The molecule has 2 aromatic rings. The van der Waals surface area contributed by atoms with Crippen LogP contribution in [0.15, 0.2) is 36.5 Å². The van der Waals surface area contributed by atoms with Gasteiger partial charge >= 0.3 is 6.03 Å².